The first-order chi connectivity index (χ1) is 8.39. The van der Waals surface area contributed by atoms with E-state index in [-0.39, 0.29) is 12.3 Å². The molecule has 1 rings (SSSR count). The van der Waals surface area contributed by atoms with Crippen LogP contribution in [0.25, 0.3) is 0 Å². The molecule has 0 aromatic heterocycles. The normalized spacial score (nSPS) is 17.4. The van der Waals surface area contributed by atoms with E-state index in [1.165, 1.54) is 0 Å². The van der Waals surface area contributed by atoms with Crippen LogP contribution in [0.15, 0.2) is 0 Å². The number of carbonyl (C=O) groups is 2. The highest BCUT2D eigenvalue weighted by Gasteiger charge is 2.24. The number of hydrogen-bond acceptors (Lipinski definition) is 4. The molecule has 0 spiro atoms. The lowest BCUT2D eigenvalue weighted by molar-refractivity contribution is -0.138. The molecule has 0 bridgehead atoms. The van der Waals surface area contributed by atoms with Crippen LogP contribution in [0.5, 0.6) is 0 Å². The molecule has 2 N–H and O–H groups in total. The number of nitrogens with one attached hydrogen (secondary N) is 1. The second-order valence-corrected chi connectivity index (χ2v) is 5.21. The minimum absolute atomic E-state index is 0.0731. The number of morpholine rings is 1. The van der Waals surface area contributed by atoms with E-state index in [9.17, 15) is 9.59 Å². The van der Waals surface area contributed by atoms with Gasteiger partial charge in [0.2, 0.25) is 5.91 Å². The van der Waals surface area contributed by atoms with Gasteiger partial charge in [-0.15, -0.1) is 0 Å². The van der Waals surface area contributed by atoms with Gasteiger partial charge < -0.3 is 15.2 Å². The molecule has 104 valence electrons. The van der Waals surface area contributed by atoms with Crippen LogP contribution in [0.1, 0.15) is 26.7 Å². The van der Waals surface area contributed by atoms with E-state index in [0.29, 0.717) is 26.2 Å². The molecule has 1 aliphatic rings. The van der Waals surface area contributed by atoms with Crippen molar-refractivity contribution in [1.82, 2.24) is 10.2 Å². The van der Waals surface area contributed by atoms with E-state index < -0.39 is 11.5 Å². The molecule has 1 amide bonds. The molecule has 0 saturated carbocycles. The fourth-order valence-electron chi connectivity index (χ4n) is 1.95. The molecule has 0 radical (unpaired) electrons. The molecule has 0 aliphatic carbocycles. The van der Waals surface area contributed by atoms with Crippen molar-refractivity contribution >= 4 is 11.9 Å². The van der Waals surface area contributed by atoms with Crippen molar-refractivity contribution in [3.05, 3.63) is 0 Å². The fraction of sp³-hybridized carbons (Fsp3) is 0.833. The van der Waals surface area contributed by atoms with Gasteiger partial charge in [-0.2, -0.15) is 0 Å². The first-order valence-corrected chi connectivity index (χ1v) is 6.22. The van der Waals surface area contributed by atoms with E-state index in [2.05, 4.69) is 10.2 Å². The standard InChI is InChI=1S/C12H22N2O4/c1-12(2,9-11(16)17)13-10(15)3-4-14-5-7-18-8-6-14/h3-9H2,1-2H3,(H,13,15)(H,16,17). The number of carboxylic acid groups (broad SMARTS) is 1. The number of carboxylic acids is 1. The van der Waals surface area contributed by atoms with E-state index >= 15 is 0 Å². The lowest BCUT2D eigenvalue weighted by Crippen LogP contribution is -2.46. The van der Waals surface area contributed by atoms with Crippen molar-refractivity contribution in [2.75, 3.05) is 32.8 Å². The molecule has 1 fully saturated rings. The number of carbonyl (C=O) groups excluding carboxylic acids is 1. The molecule has 6 heteroatoms. The molecular weight excluding hydrogens is 236 g/mol. The van der Waals surface area contributed by atoms with Gasteiger partial charge in [0.05, 0.1) is 19.6 Å². The zero-order valence-electron chi connectivity index (χ0n) is 11.1. The monoisotopic (exact) mass is 258 g/mol. The first kappa shape index (κ1) is 14.9. The largest absolute Gasteiger partial charge is 0.481 e. The second-order valence-electron chi connectivity index (χ2n) is 5.21. The Morgan fingerprint density at radius 3 is 2.50 bits per heavy atom. The first-order valence-electron chi connectivity index (χ1n) is 6.22. The third-order valence-corrected chi connectivity index (χ3v) is 2.83. The van der Waals surface area contributed by atoms with Crippen LogP contribution in [0.3, 0.4) is 0 Å². The van der Waals surface area contributed by atoms with Gasteiger partial charge in [-0.1, -0.05) is 0 Å². The van der Waals surface area contributed by atoms with Gasteiger partial charge in [0.1, 0.15) is 0 Å². The van der Waals surface area contributed by atoms with Gasteiger partial charge in [-0.3, -0.25) is 14.5 Å². The summed E-state index contributed by atoms with van der Waals surface area (Å²) in [6.07, 6.45) is 0.319. The van der Waals surface area contributed by atoms with E-state index in [4.69, 9.17) is 9.84 Å². The molecule has 0 aromatic carbocycles. The summed E-state index contributed by atoms with van der Waals surface area (Å²) in [4.78, 5) is 24.5. The van der Waals surface area contributed by atoms with Gasteiger partial charge in [-0.25, -0.2) is 0 Å². The lowest BCUT2D eigenvalue weighted by Gasteiger charge is -2.28. The maximum absolute atomic E-state index is 11.7. The molecule has 0 atom stereocenters. The lowest BCUT2D eigenvalue weighted by atomic mass is 10.0. The minimum Gasteiger partial charge on any atom is -0.481 e. The zero-order chi connectivity index (χ0) is 13.6. The van der Waals surface area contributed by atoms with Gasteiger partial charge in [0.15, 0.2) is 0 Å². The van der Waals surface area contributed by atoms with Crippen LogP contribution in [0.2, 0.25) is 0 Å². The van der Waals surface area contributed by atoms with Crippen LogP contribution < -0.4 is 5.32 Å². The summed E-state index contributed by atoms with van der Waals surface area (Å²) in [6.45, 7) is 7.26. The molecule has 6 nitrogen and oxygen atoms in total. The number of ether oxygens (including phenoxy) is 1. The van der Waals surface area contributed by atoms with Crippen molar-refractivity contribution in [3.8, 4) is 0 Å². The van der Waals surface area contributed by atoms with Gasteiger partial charge >= 0.3 is 5.97 Å². The molecule has 0 unspecified atom stereocenters. The number of nitrogens with zero attached hydrogens (tertiary/aromatic N) is 1. The number of aliphatic carboxylic acids is 1. The van der Waals surface area contributed by atoms with Crippen LogP contribution >= 0.6 is 0 Å². The average molecular weight is 258 g/mol. The summed E-state index contributed by atoms with van der Waals surface area (Å²) in [5.41, 5.74) is -0.700. The molecule has 18 heavy (non-hydrogen) atoms. The Bertz CT molecular complexity index is 298. The predicted octanol–water partition coefficient (Wildman–Crippen LogP) is 0.0782. The third-order valence-electron chi connectivity index (χ3n) is 2.83. The summed E-state index contributed by atoms with van der Waals surface area (Å²) >= 11 is 0. The van der Waals surface area contributed by atoms with Gasteiger partial charge in [-0.05, 0) is 13.8 Å². The second kappa shape index (κ2) is 6.70. The van der Waals surface area contributed by atoms with Crippen LogP contribution in [-0.4, -0.2) is 60.3 Å². The SMILES string of the molecule is CC(C)(CC(=O)O)NC(=O)CCN1CCOCC1. The fourth-order valence-corrected chi connectivity index (χ4v) is 1.95. The summed E-state index contributed by atoms with van der Waals surface area (Å²) in [7, 11) is 0. The zero-order valence-corrected chi connectivity index (χ0v) is 11.1. The molecular formula is C12H22N2O4. The summed E-state index contributed by atoms with van der Waals surface area (Å²) in [5, 5.41) is 11.5. The Balaban J connectivity index is 2.25. The Kier molecular flexibility index (Phi) is 5.55. The van der Waals surface area contributed by atoms with E-state index in [1.807, 2.05) is 0 Å². The molecule has 1 heterocycles. The topological polar surface area (TPSA) is 78.9 Å². The Morgan fingerprint density at radius 1 is 1.33 bits per heavy atom. The maximum atomic E-state index is 11.7. The van der Waals surface area contributed by atoms with Crippen LogP contribution in [0, 0.1) is 0 Å². The van der Waals surface area contributed by atoms with E-state index in [0.717, 1.165) is 13.1 Å². The van der Waals surface area contributed by atoms with Crippen molar-refractivity contribution in [2.45, 2.75) is 32.2 Å². The Labute approximate surface area is 107 Å². The van der Waals surface area contributed by atoms with E-state index in [1.54, 1.807) is 13.8 Å². The Morgan fingerprint density at radius 2 is 1.94 bits per heavy atom. The summed E-state index contributed by atoms with van der Waals surface area (Å²) < 4.78 is 5.22. The smallest absolute Gasteiger partial charge is 0.305 e. The average Bonchev–Trinajstić information content (AvgIpc) is 2.25. The van der Waals surface area contributed by atoms with Gasteiger partial charge in [0, 0.05) is 31.6 Å². The highest BCUT2D eigenvalue weighted by atomic mass is 16.5. The minimum atomic E-state index is -0.909. The maximum Gasteiger partial charge on any atom is 0.305 e. The predicted molar refractivity (Wildman–Crippen MR) is 66.4 cm³/mol. The van der Waals surface area contributed by atoms with Crippen molar-refractivity contribution < 1.29 is 19.4 Å². The van der Waals surface area contributed by atoms with Crippen molar-refractivity contribution in [3.63, 3.8) is 0 Å². The summed E-state index contributed by atoms with van der Waals surface area (Å²) in [6, 6.07) is 0. The van der Waals surface area contributed by atoms with Crippen LogP contribution in [-0.2, 0) is 14.3 Å². The third kappa shape index (κ3) is 5.97. The van der Waals surface area contributed by atoms with Gasteiger partial charge in [0.25, 0.3) is 0 Å². The Hall–Kier alpha value is -1.14. The number of rotatable bonds is 6. The van der Waals surface area contributed by atoms with Crippen molar-refractivity contribution in [1.29, 1.82) is 0 Å². The van der Waals surface area contributed by atoms with Crippen molar-refractivity contribution in [2.24, 2.45) is 0 Å². The molecule has 0 aromatic rings. The molecule has 1 saturated heterocycles. The quantitative estimate of drug-likeness (QED) is 0.705. The number of amides is 1. The highest BCUT2D eigenvalue weighted by molar-refractivity contribution is 5.78. The highest BCUT2D eigenvalue weighted by Crippen LogP contribution is 2.08. The van der Waals surface area contributed by atoms with Crippen LogP contribution in [0.4, 0.5) is 0 Å². The number of hydrogen-bond donors (Lipinski definition) is 2. The molecule has 1 aliphatic heterocycles. The summed E-state index contributed by atoms with van der Waals surface area (Å²) in [5.74, 6) is -1.01.